The Morgan fingerprint density at radius 2 is 1.78 bits per heavy atom. The van der Waals surface area contributed by atoms with Crippen LogP contribution >= 0.6 is 24.0 Å². The molecule has 0 bridgehead atoms. The maximum Gasteiger partial charge on any atom is 0.258 e. The van der Waals surface area contributed by atoms with Gasteiger partial charge in [-0.1, -0.05) is 42.2 Å². The largest absolute Gasteiger partial charge is 0.622 e. The SMILES string of the molecule is COc1ccc(C=[N+]([O-])[C@H]2N(c3ccccc3)C(=S)SC2(C)C)cc1OC. The molecule has 0 aromatic heterocycles. The molecule has 1 heterocycles. The van der Waals surface area contributed by atoms with E-state index < -0.39 is 6.17 Å². The number of thioether (sulfide) groups is 1. The Morgan fingerprint density at radius 3 is 2.41 bits per heavy atom. The number of nitrogens with zero attached hydrogens (tertiary/aromatic N) is 2. The van der Waals surface area contributed by atoms with Gasteiger partial charge in [-0.3, -0.25) is 4.90 Å². The number of hydrogen-bond acceptors (Lipinski definition) is 5. The van der Waals surface area contributed by atoms with Gasteiger partial charge >= 0.3 is 0 Å². The van der Waals surface area contributed by atoms with Gasteiger partial charge in [0.15, 0.2) is 17.7 Å². The first-order valence-electron chi connectivity index (χ1n) is 8.47. The molecule has 1 aliphatic rings. The van der Waals surface area contributed by atoms with Crippen molar-refractivity contribution in [2.45, 2.75) is 24.8 Å². The summed E-state index contributed by atoms with van der Waals surface area (Å²) in [5.41, 5.74) is 1.64. The third kappa shape index (κ3) is 3.89. The third-order valence-corrected chi connectivity index (χ3v) is 5.93. The molecular weight excluding hydrogens is 380 g/mol. The van der Waals surface area contributed by atoms with E-state index in [2.05, 4.69) is 0 Å². The molecule has 5 nitrogen and oxygen atoms in total. The van der Waals surface area contributed by atoms with E-state index in [1.54, 1.807) is 32.6 Å². The zero-order chi connectivity index (χ0) is 19.6. The van der Waals surface area contributed by atoms with Crippen LogP contribution in [0.15, 0.2) is 48.5 Å². The number of methoxy groups -OCH3 is 2. The molecule has 0 N–H and O–H groups in total. The second-order valence-electron chi connectivity index (χ2n) is 6.65. The van der Waals surface area contributed by atoms with Gasteiger partial charge in [0.2, 0.25) is 0 Å². The van der Waals surface area contributed by atoms with E-state index in [0.29, 0.717) is 15.8 Å². The van der Waals surface area contributed by atoms with Gasteiger partial charge < -0.3 is 14.7 Å². The van der Waals surface area contributed by atoms with Crippen LogP contribution in [0.1, 0.15) is 19.4 Å². The molecule has 27 heavy (non-hydrogen) atoms. The molecule has 0 radical (unpaired) electrons. The summed E-state index contributed by atoms with van der Waals surface area (Å²) in [5, 5.41) is 13.2. The highest BCUT2D eigenvalue weighted by Gasteiger charge is 2.51. The van der Waals surface area contributed by atoms with Crippen LogP contribution in [0.5, 0.6) is 11.5 Å². The Kier molecular flexibility index (Phi) is 5.62. The lowest BCUT2D eigenvalue weighted by atomic mass is 10.1. The summed E-state index contributed by atoms with van der Waals surface area (Å²) in [6, 6.07) is 15.2. The second-order valence-corrected chi connectivity index (χ2v) is 8.94. The number of hydrogen-bond donors (Lipinski definition) is 0. The van der Waals surface area contributed by atoms with Crippen LogP contribution < -0.4 is 14.4 Å². The smallest absolute Gasteiger partial charge is 0.258 e. The zero-order valence-corrected chi connectivity index (χ0v) is 17.3. The molecule has 1 fully saturated rings. The van der Waals surface area contributed by atoms with E-state index in [1.165, 1.54) is 11.8 Å². The molecule has 1 aliphatic heterocycles. The Hall–Kier alpha value is -2.25. The fourth-order valence-corrected chi connectivity index (χ4v) is 5.06. The lowest BCUT2D eigenvalue weighted by molar-refractivity contribution is -0.497. The Labute approximate surface area is 169 Å². The van der Waals surface area contributed by atoms with Crippen LogP contribution in [0.25, 0.3) is 0 Å². The molecule has 1 saturated heterocycles. The monoisotopic (exact) mass is 402 g/mol. The van der Waals surface area contributed by atoms with Gasteiger partial charge in [0.05, 0.1) is 14.2 Å². The van der Waals surface area contributed by atoms with Gasteiger partial charge in [-0.25, -0.2) is 0 Å². The fourth-order valence-electron chi connectivity index (χ4n) is 3.14. The molecule has 0 spiro atoms. The maximum atomic E-state index is 13.2. The fraction of sp³-hybridized carbons (Fsp3) is 0.300. The quantitative estimate of drug-likeness (QED) is 0.245. The Balaban J connectivity index is 2.01. The van der Waals surface area contributed by atoms with Crippen LogP contribution in [-0.4, -0.2) is 40.4 Å². The molecule has 1 atom stereocenters. The van der Waals surface area contributed by atoms with E-state index in [-0.39, 0.29) is 4.75 Å². The van der Waals surface area contributed by atoms with Gasteiger partial charge in [0.1, 0.15) is 9.07 Å². The highest BCUT2D eigenvalue weighted by Crippen LogP contribution is 2.43. The molecule has 0 unspecified atom stereocenters. The average Bonchev–Trinajstić information content (AvgIpc) is 2.90. The van der Waals surface area contributed by atoms with Crippen LogP contribution in [0.4, 0.5) is 5.69 Å². The van der Waals surface area contributed by atoms with Crippen molar-refractivity contribution in [1.82, 2.24) is 0 Å². The number of benzene rings is 2. The molecule has 3 rings (SSSR count). The van der Waals surface area contributed by atoms with Crippen LogP contribution in [0.3, 0.4) is 0 Å². The maximum absolute atomic E-state index is 13.2. The zero-order valence-electron chi connectivity index (χ0n) is 15.7. The van der Waals surface area contributed by atoms with Crippen molar-refractivity contribution >= 4 is 40.2 Å². The van der Waals surface area contributed by atoms with Gasteiger partial charge in [-0.2, -0.15) is 4.74 Å². The minimum absolute atomic E-state index is 0.373. The van der Waals surface area contributed by atoms with Gasteiger partial charge in [0.25, 0.3) is 6.17 Å². The highest BCUT2D eigenvalue weighted by molar-refractivity contribution is 8.24. The molecule has 7 heteroatoms. The van der Waals surface area contributed by atoms with Crippen LogP contribution in [-0.2, 0) is 0 Å². The van der Waals surface area contributed by atoms with E-state index in [0.717, 1.165) is 16.0 Å². The van der Waals surface area contributed by atoms with Crippen molar-refractivity contribution in [1.29, 1.82) is 0 Å². The summed E-state index contributed by atoms with van der Waals surface area (Å²) in [4.78, 5) is 1.92. The summed E-state index contributed by atoms with van der Waals surface area (Å²) < 4.78 is 11.9. The Morgan fingerprint density at radius 1 is 1.11 bits per heavy atom. The summed E-state index contributed by atoms with van der Waals surface area (Å²) in [5.74, 6) is 1.20. The first-order chi connectivity index (χ1) is 12.9. The highest BCUT2D eigenvalue weighted by atomic mass is 32.2. The number of hydroxylamine groups is 1. The number of thiocarbonyl (C=S) groups is 1. The number of para-hydroxylation sites is 1. The standard InChI is InChI=1S/C20H22N2O3S2/c1-20(2)18(22(19(26)27-20)15-8-6-5-7-9-15)21(23)13-14-10-11-16(24-3)17(12-14)25-4/h5-13,18H,1-4H3/t18-/m0/s1. The first kappa shape index (κ1) is 19.5. The summed E-state index contributed by atoms with van der Waals surface area (Å²) in [6.07, 6.45) is 1.10. The number of anilines is 1. The summed E-state index contributed by atoms with van der Waals surface area (Å²) in [6.45, 7) is 4.07. The van der Waals surface area contributed by atoms with Crippen LogP contribution in [0, 0.1) is 5.21 Å². The van der Waals surface area contributed by atoms with Crippen molar-refractivity contribution in [2.75, 3.05) is 19.1 Å². The normalized spacial score (nSPS) is 19.3. The summed E-state index contributed by atoms with van der Waals surface area (Å²) >= 11 is 7.12. The van der Waals surface area contributed by atoms with Gasteiger partial charge in [-0.15, -0.1) is 0 Å². The van der Waals surface area contributed by atoms with Gasteiger partial charge in [0, 0.05) is 11.3 Å². The van der Waals surface area contributed by atoms with E-state index in [1.807, 2.05) is 55.1 Å². The molecule has 0 aliphatic carbocycles. The van der Waals surface area contributed by atoms with E-state index in [9.17, 15) is 5.21 Å². The molecule has 2 aromatic rings. The van der Waals surface area contributed by atoms with Crippen molar-refractivity contribution in [3.63, 3.8) is 0 Å². The average molecular weight is 403 g/mol. The van der Waals surface area contributed by atoms with Crippen molar-refractivity contribution in [3.8, 4) is 11.5 Å². The predicted molar refractivity (Wildman–Crippen MR) is 115 cm³/mol. The molecule has 142 valence electrons. The van der Waals surface area contributed by atoms with Crippen molar-refractivity contribution in [2.24, 2.45) is 0 Å². The molecule has 2 aromatic carbocycles. The number of rotatable bonds is 5. The lowest BCUT2D eigenvalue weighted by Gasteiger charge is -2.29. The van der Waals surface area contributed by atoms with Crippen molar-refractivity contribution in [3.05, 3.63) is 59.3 Å². The molecular formula is C20H22N2O3S2. The first-order valence-corrected chi connectivity index (χ1v) is 9.69. The predicted octanol–water partition coefficient (Wildman–Crippen LogP) is 4.28. The van der Waals surface area contributed by atoms with Gasteiger partial charge in [-0.05, 0) is 44.2 Å². The molecule has 0 saturated carbocycles. The van der Waals surface area contributed by atoms with Crippen LogP contribution in [0.2, 0.25) is 0 Å². The van der Waals surface area contributed by atoms with Crippen molar-refractivity contribution < 1.29 is 14.2 Å². The van der Waals surface area contributed by atoms with E-state index >= 15 is 0 Å². The topological polar surface area (TPSA) is 47.8 Å². The minimum Gasteiger partial charge on any atom is -0.622 e. The third-order valence-electron chi connectivity index (χ3n) is 4.37. The second kappa shape index (κ2) is 7.78. The molecule has 0 amide bonds. The Bertz CT molecular complexity index is 869. The minimum atomic E-state index is -0.467. The van der Waals surface area contributed by atoms with E-state index in [4.69, 9.17) is 21.7 Å². The summed E-state index contributed by atoms with van der Waals surface area (Å²) in [7, 11) is 3.15. The number of ether oxygens (including phenoxy) is 2. The lowest BCUT2D eigenvalue weighted by Crippen LogP contribution is -2.48.